The minimum Gasteiger partial charge on any atom is -0.369 e. The van der Waals surface area contributed by atoms with Crippen molar-refractivity contribution >= 4 is 33.8 Å². The lowest BCUT2D eigenvalue weighted by Crippen LogP contribution is -2.48. The molecule has 5 heterocycles. The summed E-state index contributed by atoms with van der Waals surface area (Å²) in [5, 5.41) is 9.47. The number of aromatic nitrogens is 4. The Bertz CT molecular complexity index is 1730. The molecule has 0 unspecified atom stereocenters. The minimum absolute atomic E-state index is 0.141. The summed E-state index contributed by atoms with van der Waals surface area (Å²) in [7, 11) is 0. The van der Waals surface area contributed by atoms with Gasteiger partial charge in [0.1, 0.15) is 0 Å². The van der Waals surface area contributed by atoms with Crippen molar-refractivity contribution in [2.45, 2.75) is 13.8 Å². The summed E-state index contributed by atoms with van der Waals surface area (Å²) in [6.45, 7) is 11.0. The maximum atomic E-state index is 11.7. The molecule has 2 aromatic carbocycles. The Morgan fingerprint density at radius 3 is 2.29 bits per heavy atom. The maximum absolute atomic E-state index is 11.7. The van der Waals surface area contributed by atoms with Crippen molar-refractivity contribution in [2.24, 2.45) is 0 Å². The molecule has 3 aromatic heterocycles. The molecule has 5 aromatic rings. The molecule has 2 aliphatic rings. The number of pyridine rings is 1. The molecule has 2 fully saturated rings. The summed E-state index contributed by atoms with van der Waals surface area (Å²) in [6, 6.07) is 19.4. The Morgan fingerprint density at radius 2 is 1.54 bits per heavy atom. The van der Waals surface area contributed by atoms with Crippen molar-refractivity contribution in [2.75, 3.05) is 62.2 Å². The van der Waals surface area contributed by atoms with Crippen LogP contribution >= 0.6 is 0 Å². The monoisotopic (exact) mass is 546 g/mol. The van der Waals surface area contributed by atoms with Crippen LogP contribution in [0.25, 0.3) is 38.9 Å². The predicted octanol–water partition coefficient (Wildman–Crippen LogP) is 4.00. The normalized spacial score (nSPS) is 16.1. The molecule has 1 N–H and O–H groups in total. The zero-order valence-corrected chi connectivity index (χ0v) is 23.5. The molecule has 0 radical (unpaired) electrons. The maximum Gasteiger partial charge on any atom is 0.219 e. The molecule has 0 saturated carbocycles. The van der Waals surface area contributed by atoms with Crippen LogP contribution in [0.5, 0.6) is 0 Å². The Morgan fingerprint density at radius 1 is 0.805 bits per heavy atom. The highest BCUT2D eigenvalue weighted by Crippen LogP contribution is 2.32. The van der Waals surface area contributed by atoms with Gasteiger partial charge in [-0.2, -0.15) is 5.10 Å². The highest BCUT2D eigenvalue weighted by molar-refractivity contribution is 5.95. The average molecular weight is 547 g/mol. The molecule has 9 heteroatoms. The fourth-order valence-corrected chi connectivity index (χ4v) is 6.09. The third-order valence-electron chi connectivity index (χ3n) is 8.43. The number of fused-ring (bicyclic) bond motifs is 2. The number of carbonyl (C=O) groups is 1. The Balaban J connectivity index is 1.18. The minimum atomic E-state index is 0.141. The number of amides is 1. The van der Waals surface area contributed by atoms with Gasteiger partial charge in [0.25, 0.3) is 0 Å². The second-order valence-corrected chi connectivity index (χ2v) is 10.9. The molecule has 9 nitrogen and oxygen atoms in total. The van der Waals surface area contributed by atoms with Crippen molar-refractivity contribution in [3.63, 3.8) is 0 Å². The SMILES string of the molecule is CC(=O)N1CCN(c2ccc3c(-c4cnc5cc(-c6ccc(N7CCNCC7)cc6)c(C)nn45)ccnc3c2)CC1. The standard InChI is InChI=1S/C32H34N8O/c1-22-29(24-3-5-25(6-4-24)38-13-11-33-12-14-38)20-32-35-21-31(40(32)36-22)28-9-10-34-30-19-26(7-8-27(28)30)39-17-15-37(16-18-39)23(2)41/h3-10,19-21,33H,11-18H2,1-2H3. The van der Waals surface area contributed by atoms with Gasteiger partial charge >= 0.3 is 0 Å². The fourth-order valence-electron chi connectivity index (χ4n) is 6.09. The van der Waals surface area contributed by atoms with Crippen LogP contribution in [-0.2, 0) is 4.79 Å². The van der Waals surface area contributed by atoms with E-state index < -0.39 is 0 Å². The van der Waals surface area contributed by atoms with Gasteiger partial charge in [0.05, 0.1) is 23.1 Å². The van der Waals surface area contributed by atoms with E-state index in [1.165, 1.54) is 5.69 Å². The van der Waals surface area contributed by atoms with Gasteiger partial charge in [-0.25, -0.2) is 9.50 Å². The first kappa shape index (κ1) is 25.5. The van der Waals surface area contributed by atoms with Crippen LogP contribution in [0.1, 0.15) is 12.6 Å². The first-order valence-electron chi connectivity index (χ1n) is 14.4. The van der Waals surface area contributed by atoms with Crippen LogP contribution in [0.4, 0.5) is 11.4 Å². The number of nitrogens with one attached hydrogen (secondary N) is 1. The largest absolute Gasteiger partial charge is 0.369 e. The van der Waals surface area contributed by atoms with E-state index in [9.17, 15) is 4.79 Å². The highest BCUT2D eigenvalue weighted by Gasteiger charge is 2.20. The van der Waals surface area contributed by atoms with Crippen molar-refractivity contribution < 1.29 is 4.79 Å². The Labute approximate surface area is 239 Å². The Hall–Kier alpha value is -4.50. The van der Waals surface area contributed by atoms with Gasteiger partial charge in [-0.1, -0.05) is 18.2 Å². The van der Waals surface area contributed by atoms with Crippen LogP contribution < -0.4 is 15.1 Å². The lowest BCUT2D eigenvalue weighted by Gasteiger charge is -2.35. The van der Waals surface area contributed by atoms with Gasteiger partial charge in [-0.3, -0.25) is 9.78 Å². The third kappa shape index (κ3) is 4.76. The summed E-state index contributed by atoms with van der Waals surface area (Å²) in [6.07, 6.45) is 3.76. The number of rotatable bonds is 4. The molecule has 2 aliphatic heterocycles. The van der Waals surface area contributed by atoms with E-state index in [0.717, 1.165) is 103 Å². The zero-order chi connectivity index (χ0) is 27.9. The van der Waals surface area contributed by atoms with E-state index in [1.807, 2.05) is 27.9 Å². The first-order valence-corrected chi connectivity index (χ1v) is 14.4. The topological polar surface area (TPSA) is 81.9 Å². The average Bonchev–Trinajstić information content (AvgIpc) is 3.43. The summed E-state index contributed by atoms with van der Waals surface area (Å²) >= 11 is 0. The van der Waals surface area contributed by atoms with E-state index in [4.69, 9.17) is 15.1 Å². The van der Waals surface area contributed by atoms with Crippen LogP contribution in [0, 0.1) is 6.92 Å². The fraction of sp³-hybridized carbons (Fsp3) is 0.312. The van der Waals surface area contributed by atoms with Crippen LogP contribution in [0.3, 0.4) is 0 Å². The zero-order valence-electron chi connectivity index (χ0n) is 23.5. The number of carbonyl (C=O) groups excluding carboxylic acids is 1. The molecule has 0 atom stereocenters. The molecule has 41 heavy (non-hydrogen) atoms. The van der Waals surface area contributed by atoms with Crippen molar-refractivity contribution in [3.05, 3.63) is 72.7 Å². The number of imidazole rings is 1. The summed E-state index contributed by atoms with van der Waals surface area (Å²) < 4.78 is 1.94. The number of nitrogens with zero attached hydrogens (tertiary/aromatic N) is 7. The smallest absolute Gasteiger partial charge is 0.219 e. The van der Waals surface area contributed by atoms with Gasteiger partial charge in [0, 0.05) is 93.4 Å². The molecule has 7 rings (SSSR count). The van der Waals surface area contributed by atoms with Gasteiger partial charge in [-0.05, 0) is 48.9 Å². The molecule has 1 amide bonds. The number of anilines is 2. The number of hydrogen-bond acceptors (Lipinski definition) is 7. The molecule has 0 bridgehead atoms. The number of benzene rings is 2. The predicted molar refractivity (Wildman–Crippen MR) is 163 cm³/mol. The van der Waals surface area contributed by atoms with E-state index in [0.29, 0.717) is 0 Å². The van der Waals surface area contributed by atoms with Gasteiger partial charge < -0.3 is 20.0 Å². The number of hydrogen-bond donors (Lipinski definition) is 1. The number of piperazine rings is 2. The first-order chi connectivity index (χ1) is 20.0. The summed E-state index contributed by atoms with van der Waals surface area (Å²) in [5.74, 6) is 0.141. The summed E-state index contributed by atoms with van der Waals surface area (Å²) in [5.41, 5.74) is 9.33. The molecular formula is C32H34N8O. The summed E-state index contributed by atoms with van der Waals surface area (Å²) in [4.78, 5) is 27.8. The van der Waals surface area contributed by atoms with E-state index in [1.54, 1.807) is 6.92 Å². The van der Waals surface area contributed by atoms with E-state index in [2.05, 4.69) is 70.6 Å². The quantitative estimate of drug-likeness (QED) is 0.365. The molecule has 208 valence electrons. The molecule has 2 saturated heterocycles. The molecule has 0 aliphatic carbocycles. The van der Waals surface area contributed by atoms with Gasteiger partial charge in [0.2, 0.25) is 5.91 Å². The highest BCUT2D eigenvalue weighted by atomic mass is 16.2. The van der Waals surface area contributed by atoms with E-state index >= 15 is 0 Å². The van der Waals surface area contributed by atoms with Crippen LogP contribution in [0.2, 0.25) is 0 Å². The number of aryl methyl sites for hydroxylation is 1. The van der Waals surface area contributed by atoms with Crippen LogP contribution in [-0.4, -0.2) is 82.7 Å². The lowest BCUT2D eigenvalue weighted by molar-refractivity contribution is -0.129. The van der Waals surface area contributed by atoms with Crippen molar-refractivity contribution in [1.82, 2.24) is 29.8 Å². The van der Waals surface area contributed by atoms with E-state index in [-0.39, 0.29) is 5.91 Å². The van der Waals surface area contributed by atoms with Crippen molar-refractivity contribution in [1.29, 1.82) is 0 Å². The van der Waals surface area contributed by atoms with Crippen molar-refractivity contribution in [3.8, 4) is 22.4 Å². The Kier molecular flexibility index (Phi) is 6.51. The molecular weight excluding hydrogens is 512 g/mol. The van der Waals surface area contributed by atoms with Crippen LogP contribution in [0.15, 0.2) is 67.0 Å². The lowest BCUT2D eigenvalue weighted by atomic mass is 10.0. The third-order valence-corrected chi connectivity index (χ3v) is 8.43. The van der Waals surface area contributed by atoms with Gasteiger partial charge in [-0.15, -0.1) is 0 Å². The second kappa shape index (κ2) is 10.5. The van der Waals surface area contributed by atoms with Gasteiger partial charge in [0.15, 0.2) is 5.65 Å². The second-order valence-electron chi connectivity index (χ2n) is 10.9. The molecule has 0 spiro atoms.